The highest BCUT2D eigenvalue weighted by molar-refractivity contribution is 9.09. The summed E-state index contributed by atoms with van der Waals surface area (Å²) in [6.45, 7) is 2.62. The van der Waals surface area contributed by atoms with E-state index in [2.05, 4.69) is 26.2 Å². The number of hydrogen-bond acceptors (Lipinski definition) is 2. The quantitative estimate of drug-likeness (QED) is 0.677. The molecule has 0 saturated carbocycles. The number of halogens is 1. The van der Waals surface area contributed by atoms with Gasteiger partial charge in [0.05, 0.1) is 11.1 Å². The highest BCUT2D eigenvalue weighted by Crippen LogP contribution is 2.18. The zero-order valence-electron chi connectivity index (χ0n) is 10.9. The molecule has 0 aliphatic carbocycles. The van der Waals surface area contributed by atoms with Crippen molar-refractivity contribution < 1.29 is 4.79 Å². The van der Waals surface area contributed by atoms with Crippen LogP contribution in [0.4, 0.5) is 0 Å². The molecule has 0 radical (unpaired) electrons. The van der Waals surface area contributed by atoms with E-state index in [-0.39, 0.29) is 5.91 Å². The average molecular weight is 321 g/mol. The van der Waals surface area contributed by atoms with Crippen LogP contribution >= 0.6 is 15.9 Å². The predicted octanol–water partition coefficient (Wildman–Crippen LogP) is 3.45. The first-order valence-electron chi connectivity index (χ1n) is 6.43. The molecule has 0 aliphatic heterocycles. The zero-order valence-corrected chi connectivity index (χ0v) is 12.5. The predicted molar refractivity (Wildman–Crippen MR) is 81.8 cm³/mol. The monoisotopic (exact) mass is 320 g/mol. The van der Waals surface area contributed by atoms with Crippen molar-refractivity contribution in [2.45, 2.75) is 19.8 Å². The third-order valence-corrected chi connectivity index (χ3v) is 3.50. The minimum absolute atomic E-state index is 0.0173. The fraction of sp³-hybridized carbons (Fsp3) is 0.333. The summed E-state index contributed by atoms with van der Waals surface area (Å²) in [7, 11) is 0. The Kier molecular flexibility index (Phi) is 4.91. The smallest absolute Gasteiger partial charge is 0.252 e. The van der Waals surface area contributed by atoms with Gasteiger partial charge in [0, 0.05) is 23.0 Å². The Morgan fingerprint density at radius 1 is 1.32 bits per heavy atom. The van der Waals surface area contributed by atoms with Gasteiger partial charge < -0.3 is 5.32 Å². The van der Waals surface area contributed by atoms with Crippen molar-refractivity contribution in [1.29, 1.82) is 0 Å². The van der Waals surface area contributed by atoms with Crippen LogP contribution in [0.2, 0.25) is 0 Å². The van der Waals surface area contributed by atoms with Crippen molar-refractivity contribution in [3.8, 4) is 0 Å². The molecule has 0 aliphatic rings. The number of nitrogens with zero attached hydrogens (tertiary/aromatic N) is 1. The summed E-state index contributed by atoms with van der Waals surface area (Å²) in [5, 5.41) is 4.85. The van der Waals surface area contributed by atoms with E-state index in [0.717, 1.165) is 34.8 Å². The number of unbranched alkanes of at least 4 members (excludes halogenated alkanes) is 1. The lowest BCUT2D eigenvalue weighted by Crippen LogP contribution is -2.25. The summed E-state index contributed by atoms with van der Waals surface area (Å²) in [6, 6.07) is 9.59. The maximum atomic E-state index is 12.2. The van der Waals surface area contributed by atoms with Crippen LogP contribution in [-0.4, -0.2) is 22.8 Å². The minimum atomic E-state index is -0.0173. The van der Waals surface area contributed by atoms with Crippen LogP contribution in [0.25, 0.3) is 10.9 Å². The number of nitrogens with one attached hydrogen (secondary N) is 1. The van der Waals surface area contributed by atoms with Gasteiger partial charge in [-0.3, -0.25) is 9.78 Å². The van der Waals surface area contributed by atoms with Crippen LogP contribution in [0.15, 0.2) is 30.3 Å². The number of benzene rings is 1. The maximum absolute atomic E-state index is 12.2. The minimum Gasteiger partial charge on any atom is -0.352 e. The average Bonchev–Trinajstić information content (AvgIpc) is 2.42. The molecule has 100 valence electrons. The van der Waals surface area contributed by atoms with Crippen molar-refractivity contribution in [3.63, 3.8) is 0 Å². The van der Waals surface area contributed by atoms with Crippen molar-refractivity contribution >= 4 is 32.7 Å². The Balaban J connectivity index is 2.21. The summed E-state index contributed by atoms with van der Waals surface area (Å²) in [5.41, 5.74) is 2.44. The van der Waals surface area contributed by atoms with E-state index >= 15 is 0 Å². The Morgan fingerprint density at radius 2 is 2.11 bits per heavy atom. The summed E-state index contributed by atoms with van der Waals surface area (Å²) < 4.78 is 0. The molecule has 0 bridgehead atoms. The van der Waals surface area contributed by atoms with Gasteiger partial charge >= 0.3 is 0 Å². The largest absolute Gasteiger partial charge is 0.352 e. The normalized spacial score (nSPS) is 10.6. The SMILES string of the molecule is Cc1cc(C(=O)NCCCCBr)c2ccccc2n1. The molecule has 2 aromatic rings. The van der Waals surface area contributed by atoms with E-state index < -0.39 is 0 Å². The molecule has 1 aromatic carbocycles. The van der Waals surface area contributed by atoms with Gasteiger partial charge in [-0.2, -0.15) is 0 Å². The number of para-hydroxylation sites is 1. The van der Waals surface area contributed by atoms with Gasteiger partial charge in [-0.15, -0.1) is 0 Å². The van der Waals surface area contributed by atoms with E-state index in [1.807, 2.05) is 37.3 Å². The number of fused-ring (bicyclic) bond motifs is 1. The van der Waals surface area contributed by atoms with Gasteiger partial charge in [-0.05, 0) is 31.9 Å². The summed E-state index contributed by atoms with van der Waals surface area (Å²) in [6.07, 6.45) is 2.05. The molecule has 2 rings (SSSR count). The number of hydrogen-bond donors (Lipinski definition) is 1. The van der Waals surface area contributed by atoms with Crippen LogP contribution in [-0.2, 0) is 0 Å². The van der Waals surface area contributed by atoms with Gasteiger partial charge in [0.25, 0.3) is 5.91 Å². The molecule has 0 saturated heterocycles. The van der Waals surface area contributed by atoms with Crippen molar-refractivity contribution in [1.82, 2.24) is 10.3 Å². The lowest BCUT2D eigenvalue weighted by atomic mass is 10.1. The molecule has 1 heterocycles. The third kappa shape index (κ3) is 3.53. The summed E-state index contributed by atoms with van der Waals surface area (Å²) >= 11 is 3.38. The highest BCUT2D eigenvalue weighted by Gasteiger charge is 2.10. The van der Waals surface area contributed by atoms with Gasteiger partial charge in [0.1, 0.15) is 0 Å². The van der Waals surface area contributed by atoms with Crippen LogP contribution < -0.4 is 5.32 Å². The van der Waals surface area contributed by atoms with Gasteiger partial charge in [-0.1, -0.05) is 34.1 Å². The number of rotatable bonds is 5. The molecule has 19 heavy (non-hydrogen) atoms. The zero-order chi connectivity index (χ0) is 13.7. The van der Waals surface area contributed by atoms with E-state index in [9.17, 15) is 4.79 Å². The van der Waals surface area contributed by atoms with E-state index in [1.165, 1.54) is 0 Å². The van der Waals surface area contributed by atoms with Crippen LogP contribution in [0, 0.1) is 6.92 Å². The molecule has 0 fully saturated rings. The molecule has 1 aromatic heterocycles. The van der Waals surface area contributed by atoms with Gasteiger partial charge in [0.15, 0.2) is 0 Å². The van der Waals surface area contributed by atoms with Crippen LogP contribution in [0.5, 0.6) is 0 Å². The van der Waals surface area contributed by atoms with Crippen molar-refractivity contribution in [2.24, 2.45) is 0 Å². The molecule has 4 heteroatoms. The third-order valence-electron chi connectivity index (χ3n) is 2.93. The lowest BCUT2D eigenvalue weighted by Gasteiger charge is -2.08. The number of carbonyl (C=O) groups excluding carboxylic acids is 1. The van der Waals surface area contributed by atoms with Crippen molar-refractivity contribution in [3.05, 3.63) is 41.6 Å². The number of alkyl halides is 1. The molecule has 0 unspecified atom stereocenters. The number of aryl methyl sites for hydroxylation is 1. The fourth-order valence-electron chi connectivity index (χ4n) is 2.01. The number of aromatic nitrogens is 1. The molecule has 0 atom stereocenters. The lowest BCUT2D eigenvalue weighted by molar-refractivity contribution is 0.0954. The van der Waals surface area contributed by atoms with E-state index in [0.29, 0.717) is 12.1 Å². The topological polar surface area (TPSA) is 42.0 Å². The Labute approximate surface area is 121 Å². The molecule has 0 spiro atoms. The Bertz CT molecular complexity index is 583. The molecule has 3 nitrogen and oxygen atoms in total. The van der Waals surface area contributed by atoms with E-state index in [1.54, 1.807) is 0 Å². The van der Waals surface area contributed by atoms with Crippen molar-refractivity contribution in [2.75, 3.05) is 11.9 Å². The first kappa shape index (κ1) is 14.0. The van der Waals surface area contributed by atoms with Crippen LogP contribution in [0.3, 0.4) is 0 Å². The standard InChI is InChI=1S/C15H17BrN2O/c1-11-10-13(15(19)17-9-5-4-8-16)12-6-2-3-7-14(12)18-11/h2-3,6-7,10H,4-5,8-9H2,1H3,(H,17,19). The Hall–Kier alpha value is -1.42. The molecular formula is C15H17BrN2O. The van der Waals surface area contributed by atoms with Crippen LogP contribution in [0.1, 0.15) is 28.9 Å². The first-order chi connectivity index (χ1) is 9.22. The second-order valence-corrected chi connectivity index (χ2v) is 5.27. The number of amides is 1. The van der Waals surface area contributed by atoms with E-state index in [4.69, 9.17) is 0 Å². The molecule has 1 amide bonds. The van der Waals surface area contributed by atoms with Gasteiger partial charge in [0.2, 0.25) is 0 Å². The number of pyridine rings is 1. The summed E-state index contributed by atoms with van der Waals surface area (Å²) in [4.78, 5) is 16.7. The molecule has 1 N–H and O–H groups in total. The first-order valence-corrected chi connectivity index (χ1v) is 7.55. The highest BCUT2D eigenvalue weighted by atomic mass is 79.9. The van der Waals surface area contributed by atoms with Gasteiger partial charge in [-0.25, -0.2) is 0 Å². The number of carbonyl (C=O) groups is 1. The maximum Gasteiger partial charge on any atom is 0.252 e. The Morgan fingerprint density at radius 3 is 2.89 bits per heavy atom. The second-order valence-electron chi connectivity index (χ2n) is 4.48. The summed E-state index contributed by atoms with van der Waals surface area (Å²) in [5.74, 6) is -0.0173. The molecular weight excluding hydrogens is 304 g/mol. The second kappa shape index (κ2) is 6.66. The fourth-order valence-corrected chi connectivity index (χ4v) is 2.41.